The Bertz CT molecular complexity index is 1190. The molecule has 9 nitrogen and oxygen atoms in total. The quantitative estimate of drug-likeness (QED) is 0.619. The molecule has 3 saturated heterocycles. The van der Waals surface area contributed by atoms with Crippen molar-refractivity contribution < 1.29 is 4.79 Å². The lowest BCUT2D eigenvalue weighted by Gasteiger charge is -2.51. The maximum atomic E-state index is 12.8. The third-order valence-corrected chi connectivity index (χ3v) is 6.74. The van der Waals surface area contributed by atoms with E-state index in [0.717, 1.165) is 42.4 Å². The number of rotatable bonds is 3. The van der Waals surface area contributed by atoms with Crippen molar-refractivity contribution >= 4 is 34.6 Å². The van der Waals surface area contributed by atoms with Gasteiger partial charge in [-0.1, -0.05) is 20.8 Å². The number of aromatic nitrogens is 5. The minimum absolute atomic E-state index is 0.00830. The van der Waals surface area contributed by atoms with Gasteiger partial charge < -0.3 is 9.80 Å². The van der Waals surface area contributed by atoms with Crippen molar-refractivity contribution in [2.24, 2.45) is 12.5 Å². The number of nitrogens with zero attached hydrogens (tertiary/aromatic N) is 7. The number of fused-ring (bicyclic) bond motifs is 4. The van der Waals surface area contributed by atoms with Crippen LogP contribution in [0, 0.1) is 5.41 Å². The van der Waals surface area contributed by atoms with E-state index in [2.05, 4.69) is 34.4 Å². The van der Waals surface area contributed by atoms with Crippen LogP contribution in [0.15, 0.2) is 23.1 Å². The molecule has 0 radical (unpaired) electrons. The highest BCUT2D eigenvalue weighted by molar-refractivity contribution is 6.99. The number of pyridine rings is 1. The maximum absolute atomic E-state index is 12.8. The first-order valence-electron chi connectivity index (χ1n) is 10.6. The van der Waals surface area contributed by atoms with Gasteiger partial charge in [0.15, 0.2) is 11.3 Å². The van der Waals surface area contributed by atoms with Gasteiger partial charge >= 0.3 is 5.69 Å². The van der Waals surface area contributed by atoms with E-state index >= 15 is 0 Å². The summed E-state index contributed by atoms with van der Waals surface area (Å²) >= 11 is 1.06. The number of imidazole rings is 1. The Labute approximate surface area is 184 Å². The molecule has 2 atom stereocenters. The Morgan fingerprint density at radius 2 is 1.97 bits per heavy atom. The summed E-state index contributed by atoms with van der Waals surface area (Å²) in [5.74, 6) is 0.835. The highest BCUT2D eigenvalue weighted by Gasteiger charge is 2.42. The van der Waals surface area contributed by atoms with Crippen molar-refractivity contribution in [3.8, 4) is 0 Å². The van der Waals surface area contributed by atoms with Crippen LogP contribution in [0.4, 0.5) is 5.82 Å². The number of hydrogen-bond donors (Lipinski definition) is 0. The Morgan fingerprint density at radius 3 is 2.61 bits per heavy atom. The van der Waals surface area contributed by atoms with Crippen LogP contribution in [0.1, 0.15) is 44.1 Å². The Hall–Kier alpha value is -2.75. The van der Waals surface area contributed by atoms with Gasteiger partial charge in [0.05, 0.1) is 23.4 Å². The van der Waals surface area contributed by atoms with Gasteiger partial charge in [0.2, 0.25) is 0 Å². The SMILES string of the molecule is Cn1c(=O)n(CC(C)(C)C)c2ccc(N3CC4CCC3CN4C(=O)c3cnsn3)nc21. The molecule has 3 fully saturated rings. The molecule has 31 heavy (non-hydrogen) atoms. The molecule has 164 valence electrons. The first-order chi connectivity index (χ1) is 14.7. The van der Waals surface area contributed by atoms with Gasteiger partial charge in [0.1, 0.15) is 5.82 Å². The summed E-state index contributed by atoms with van der Waals surface area (Å²) in [4.78, 5) is 34.8. The van der Waals surface area contributed by atoms with Gasteiger partial charge in [-0.15, -0.1) is 0 Å². The fourth-order valence-corrected chi connectivity index (χ4v) is 5.22. The number of hydrogen-bond acceptors (Lipinski definition) is 7. The number of piperazine rings is 1. The van der Waals surface area contributed by atoms with E-state index in [4.69, 9.17) is 4.98 Å². The molecular weight excluding hydrogens is 414 g/mol. The minimum atomic E-state index is -0.0385. The molecule has 0 aromatic carbocycles. The van der Waals surface area contributed by atoms with E-state index in [0.29, 0.717) is 24.4 Å². The average Bonchev–Trinajstić information content (AvgIpc) is 3.36. The van der Waals surface area contributed by atoms with Crippen LogP contribution < -0.4 is 10.6 Å². The highest BCUT2D eigenvalue weighted by atomic mass is 32.1. The lowest BCUT2D eigenvalue weighted by atomic mass is 9.90. The summed E-state index contributed by atoms with van der Waals surface area (Å²) in [6.45, 7) is 8.41. The lowest BCUT2D eigenvalue weighted by molar-refractivity contribution is 0.0499. The molecule has 6 rings (SSSR count). The third kappa shape index (κ3) is 3.42. The second-order valence-electron chi connectivity index (χ2n) is 9.79. The molecule has 0 aliphatic carbocycles. The second kappa shape index (κ2) is 7.15. The van der Waals surface area contributed by atoms with Gasteiger partial charge in [-0.2, -0.15) is 8.75 Å². The molecule has 6 heterocycles. The zero-order valence-electron chi connectivity index (χ0n) is 18.3. The first-order valence-corrected chi connectivity index (χ1v) is 11.4. The molecule has 3 aliphatic heterocycles. The number of carbonyl (C=O) groups excluding carboxylic acids is 1. The van der Waals surface area contributed by atoms with E-state index in [-0.39, 0.29) is 29.1 Å². The average molecular weight is 442 g/mol. The molecule has 3 aromatic rings. The van der Waals surface area contributed by atoms with Crippen LogP contribution in [-0.2, 0) is 13.6 Å². The Kier molecular flexibility index (Phi) is 4.65. The molecule has 3 aliphatic rings. The fraction of sp³-hybridized carbons (Fsp3) is 0.571. The van der Waals surface area contributed by atoms with E-state index in [1.807, 2.05) is 21.6 Å². The maximum Gasteiger partial charge on any atom is 0.330 e. The summed E-state index contributed by atoms with van der Waals surface area (Å²) in [7, 11) is 1.78. The molecule has 2 bridgehead atoms. The van der Waals surface area contributed by atoms with Crippen LogP contribution in [0.25, 0.3) is 11.2 Å². The zero-order valence-corrected chi connectivity index (χ0v) is 19.1. The first kappa shape index (κ1) is 20.2. The Morgan fingerprint density at radius 1 is 1.19 bits per heavy atom. The molecule has 3 aromatic heterocycles. The number of piperidine rings is 2. The largest absolute Gasteiger partial charge is 0.350 e. The van der Waals surface area contributed by atoms with Crippen LogP contribution in [0.5, 0.6) is 0 Å². The van der Waals surface area contributed by atoms with E-state index in [9.17, 15) is 9.59 Å². The van der Waals surface area contributed by atoms with E-state index < -0.39 is 0 Å². The molecule has 0 spiro atoms. The molecule has 1 amide bonds. The number of aryl methyl sites for hydroxylation is 1. The van der Waals surface area contributed by atoms with Crippen LogP contribution >= 0.6 is 11.7 Å². The molecule has 0 saturated carbocycles. The predicted octanol–water partition coefficient (Wildman–Crippen LogP) is 2.13. The summed E-state index contributed by atoms with van der Waals surface area (Å²) < 4.78 is 11.5. The number of amides is 1. The van der Waals surface area contributed by atoms with E-state index in [1.54, 1.807) is 17.8 Å². The van der Waals surface area contributed by atoms with Gasteiger partial charge in [0.25, 0.3) is 5.91 Å². The van der Waals surface area contributed by atoms with Crippen LogP contribution in [0.2, 0.25) is 0 Å². The standard InChI is InChI=1S/C21H27N7O2S/c1-21(2,3)12-28-16-7-8-17(23-18(16)25(4)20(28)30)26-10-14-6-5-13(26)11-27(14)19(29)15-9-22-31-24-15/h7-9,13-14H,5-6,10-12H2,1-4H3. The fourth-order valence-electron chi connectivity index (χ4n) is 4.81. The van der Waals surface area contributed by atoms with Gasteiger partial charge in [-0.05, 0) is 30.4 Å². The van der Waals surface area contributed by atoms with Crippen molar-refractivity contribution in [2.75, 3.05) is 18.0 Å². The molecule has 10 heteroatoms. The second-order valence-corrected chi connectivity index (χ2v) is 10.3. The summed E-state index contributed by atoms with van der Waals surface area (Å²) in [5, 5.41) is 0. The lowest BCUT2D eigenvalue weighted by Crippen LogP contribution is -2.64. The number of carbonyl (C=O) groups is 1. The van der Waals surface area contributed by atoms with Gasteiger partial charge in [0, 0.05) is 38.8 Å². The van der Waals surface area contributed by atoms with Crippen molar-refractivity contribution in [3.05, 3.63) is 34.5 Å². The zero-order chi connectivity index (χ0) is 21.9. The van der Waals surface area contributed by atoms with Crippen molar-refractivity contribution in [1.82, 2.24) is 27.8 Å². The molecular formula is C21H27N7O2S. The molecule has 2 unspecified atom stereocenters. The van der Waals surface area contributed by atoms with Gasteiger partial charge in [-0.3, -0.25) is 13.9 Å². The van der Waals surface area contributed by atoms with Crippen molar-refractivity contribution in [1.29, 1.82) is 0 Å². The van der Waals surface area contributed by atoms with Crippen molar-refractivity contribution in [3.63, 3.8) is 0 Å². The Balaban J connectivity index is 1.44. The molecule has 0 N–H and O–H groups in total. The summed E-state index contributed by atoms with van der Waals surface area (Å²) in [6.07, 6.45) is 3.55. The highest BCUT2D eigenvalue weighted by Crippen LogP contribution is 2.33. The van der Waals surface area contributed by atoms with Crippen LogP contribution in [0.3, 0.4) is 0 Å². The summed E-state index contributed by atoms with van der Waals surface area (Å²) in [5.41, 5.74) is 1.95. The minimum Gasteiger partial charge on any atom is -0.350 e. The van der Waals surface area contributed by atoms with Crippen LogP contribution in [-0.4, -0.2) is 58.8 Å². The van der Waals surface area contributed by atoms with E-state index in [1.165, 1.54) is 0 Å². The summed E-state index contributed by atoms with van der Waals surface area (Å²) in [6, 6.07) is 4.36. The normalized spacial score (nSPS) is 21.3. The number of anilines is 1. The van der Waals surface area contributed by atoms with Gasteiger partial charge in [-0.25, -0.2) is 9.78 Å². The van der Waals surface area contributed by atoms with Crippen molar-refractivity contribution in [2.45, 2.75) is 52.2 Å². The predicted molar refractivity (Wildman–Crippen MR) is 120 cm³/mol. The third-order valence-electron chi connectivity index (χ3n) is 6.26. The monoisotopic (exact) mass is 441 g/mol. The topological polar surface area (TPSA) is 89.2 Å². The smallest absolute Gasteiger partial charge is 0.330 e.